The van der Waals surface area contributed by atoms with Crippen LogP contribution in [0.1, 0.15) is 17.7 Å². The second-order valence-corrected chi connectivity index (χ2v) is 18.8. The molecule has 0 aliphatic carbocycles. The molecule has 4 aromatic heterocycles. The maximum Gasteiger partial charge on any atom is 0.243 e. The lowest BCUT2D eigenvalue weighted by molar-refractivity contribution is 0.0446. The Morgan fingerprint density at radius 1 is 0.787 bits per heavy atom. The smallest absolute Gasteiger partial charge is 0.243 e. The van der Waals surface area contributed by atoms with Crippen molar-refractivity contribution < 1.29 is 35.8 Å². The zero-order valence-electron chi connectivity index (χ0n) is 33.1. The van der Waals surface area contributed by atoms with Crippen LogP contribution in [0.2, 0.25) is 0 Å². The molecular weight excluding hydrogens is 827 g/mol. The molecule has 1 aliphatic heterocycles. The first-order valence-corrected chi connectivity index (χ1v) is 22.1. The molecule has 5 heterocycles. The number of β-amino-alcohol motifs (C(OH)–C–C–N with tert-alkyl or cyclic N) is 1. The quantitative estimate of drug-likeness (QED) is 0.124. The predicted molar refractivity (Wildman–Crippen MR) is 226 cm³/mol. The molecule has 0 saturated carbocycles. The summed E-state index contributed by atoms with van der Waals surface area (Å²) in [6, 6.07) is 23.9. The molecule has 1 fully saturated rings. The molecule has 8 aromatic rings. The van der Waals surface area contributed by atoms with Crippen LogP contribution in [0, 0.1) is 11.6 Å². The van der Waals surface area contributed by atoms with Gasteiger partial charge in [-0.3, -0.25) is 9.36 Å². The lowest BCUT2D eigenvalue weighted by atomic mass is 9.99. The number of halogens is 2. The van der Waals surface area contributed by atoms with Crippen LogP contribution in [0.3, 0.4) is 0 Å². The summed E-state index contributed by atoms with van der Waals surface area (Å²) in [7, 11) is -4.09. The topological polar surface area (TPSA) is 182 Å². The first-order chi connectivity index (χ1) is 29.2. The third kappa shape index (κ3) is 8.25. The van der Waals surface area contributed by atoms with Crippen LogP contribution in [0.25, 0.3) is 44.1 Å². The summed E-state index contributed by atoms with van der Waals surface area (Å²) >= 11 is 0. The Labute approximate surface area is 350 Å². The Balaban J connectivity index is 0.000000169. The van der Waals surface area contributed by atoms with Crippen LogP contribution in [-0.4, -0.2) is 91.4 Å². The molecule has 4 N–H and O–H groups in total. The standard InChI is InChI=1S/C22H21FN4O3S.C21H21FN4O3S/c1-26-21(8-10-25-26)22(28)9-11-27(14-22)31(29,30)17-5-2-15(3-6-17)19-13-24-20-12-16(23)4-7-18(19)20;1-25-13-15(11-24-25)14-26(8-9-27)30(28,29)18-5-2-16(3-6-18)20-12-23-21-10-17(22)4-7-19(20)21/h2-8,10,12-13,24,28H,9,11,14H2,1H3;2-7,10-13,23,27H,8-9,14H2,1H3. The van der Waals surface area contributed by atoms with Gasteiger partial charge in [-0.05, 0) is 84.3 Å². The minimum Gasteiger partial charge on any atom is -0.395 e. The van der Waals surface area contributed by atoms with Gasteiger partial charge in [0, 0.05) is 104 Å². The predicted octanol–water partition coefficient (Wildman–Crippen LogP) is 5.88. The van der Waals surface area contributed by atoms with Gasteiger partial charge in [0.1, 0.15) is 17.2 Å². The van der Waals surface area contributed by atoms with E-state index < -0.39 is 25.6 Å². The third-order valence-corrected chi connectivity index (χ3v) is 14.6. The fraction of sp³-hybridized carbons (Fsp3) is 0.209. The van der Waals surface area contributed by atoms with Gasteiger partial charge in [0.05, 0.1) is 28.3 Å². The minimum atomic E-state index is -3.81. The number of sulfonamides is 2. The van der Waals surface area contributed by atoms with E-state index >= 15 is 0 Å². The highest BCUT2D eigenvalue weighted by Gasteiger charge is 2.44. The summed E-state index contributed by atoms with van der Waals surface area (Å²) in [4.78, 5) is 6.37. The monoisotopic (exact) mass is 868 g/mol. The zero-order valence-corrected chi connectivity index (χ0v) is 34.7. The van der Waals surface area contributed by atoms with Crippen molar-refractivity contribution in [1.82, 2.24) is 38.1 Å². The molecule has 0 amide bonds. The Hall–Kier alpha value is -6.02. The molecule has 18 heteroatoms. The summed E-state index contributed by atoms with van der Waals surface area (Å²) in [5, 5.41) is 30.2. The van der Waals surface area contributed by atoms with E-state index in [1.54, 1.807) is 121 Å². The van der Waals surface area contributed by atoms with Crippen molar-refractivity contribution in [1.29, 1.82) is 0 Å². The van der Waals surface area contributed by atoms with Crippen molar-refractivity contribution in [3.63, 3.8) is 0 Å². The molecule has 0 bridgehead atoms. The van der Waals surface area contributed by atoms with Crippen LogP contribution in [0.4, 0.5) is 8.78 Å². The molecule has 1 atom stereocenters. The molecule has 9 rings (SSSR count). The van der Waals surface area contributed by atoms with E-state index in [-0.39, 0.29) is 54.2 Å². The van der Waals surface area contributed by atoms with E-state index in [9.17, 15) is 35.8 Å². The average molecular weight is 869 g/mol. The van der Waals surface area contributed by atoms with Gasteiger partial charge < -0.3 is 20.2 Å². The number of nitrogens with zero attached hydrogens (tertiary/aromatic N) is 6. The van der Waals surface area contributed by atoms with Crippen LogP contribution in [0.5, 0.6) is 0 Å². The van der Waals surface area contributed by atoms with Gasteiger partial charge >= 0.3 is 0 Å². The van der Waals surface area contributed by atoms with Gasteiger partial charge in [-0.1, -0.05) is 24.3 Å². The molecule has 316 valence electrons. The van der Waals surface area contributed by atoms with Crippen LogP contribution in [-0.2, 0) is 46.3 Å². The molecule has 0 spiro atoms. The minimum absolute atomic E-state index is 0.0208. The maximum absolute atomic E-state index is 13.4. The molecule has 4 aromatic carbocycles. The lowest BCUT2D eigenvalue weighted by Gasteiger charge is -2.23. The van der Waals surface area contributed by atoms with E-state index in [1.165, 1.54) is 32.9 Å². The Kier molecular flexibility index (Phi) is 11.2. The van der Waals surface area contributed by atoms with Gasteiger partial charge in [0.2, 0.25) is 20.0 Å². The summed E-state index contributed by atoms with van der Waals surface area (Å²) < 4.78 is 85.1. The molecular formula is C43H42F2N8O6S2. The van der Waals surface area contributed by atoms with Crippen molar-refractivity contribution in [2.45, 2.75) is 28.4 Å². The van der Waals surface area contributed by atoms with Gasteiger partial charge in [0.15, 0.2) is 0 Å². The molecule has 0 radical (unpaired) electrons. The number of aromatic nitrogens is 6. The first-order valence-electron chi connectivity index (χ1n) is 19.2. The lowest BCUT2D eigenvalue weighted by Crippen LogP contribution is -2.35. The van der Waals surface area contributed by atoms with Crippen molar-refractivity contribution in [3.8, 4) is 22.3 Å². The number of H-pyrrole nitrogens is 2. The molecule has 1 unspecified atom stereocenters. The fourth-order valence-electron chi connectivity index (χ4n) is 7.74. The number of rotatable bonds is 11. The Morgan fingerprint density at radius 2 is 1.36 bits per heavy atom. The number of aryl methyl sites for hydroxylation is 2. The fourth-order valence-corrected chi connectivity index (χ4v) is 10.7. The molecule has 1 saturated heterocycles. The summed E-state index contributed by atoms with van der Waals surface area (Å²) in [6.07, 6.45) is 8.78. The van der Waals surface area contributed by atoms with Crippen LogP contribution < -0.4 is 0 Å². The Bertz CT molecular complexity index is 3070. The average Bonchev–Trinajstić information content (AvgIpc) is 4.10. The maximum atomic E-state index is 13.4. The van der Waals surface area contributed by atoms with Gasteiger partial charge in [0.25, 0.3) is 0 Å². The number of benzene rings is 4. The number of aliphatic hydroxyl groups excluding tert-OH is 1. The third-order valence-electron chi connectivity index (χ3n) is 10.9. The highest BCUT2D eigenvalue weighted by atomic mass is 32.2. The largest absolute Gasteiger partial charge is 0.395 e. The number of fused-ring (bicyclic) bond motifs is 2. The number of hydrogen-bond donors (Lipinski definition) is 4. The summed E-state index contributed by atoms with van der Waals surface area (Å²) in [5.41, 5.74) is 4.77. The van der Waals surface area contributed by atoms with Gasteiger partial charge in [-0.2, -0.15) is 18.8 Å². The van der Waals surface area contributed by atoms with E-state index in [0.29, 0.717) is 23.1 Å². The second-order valence-electron chi connectivity index (χ2n) is 14.9. The van der Waals surface area contributed by atoms with Crippen molar-refractivity contribution in [2.24, 2.45) is 14.1 Å². The van der Waals surface area contributed by atoms with E-state index in [1.807, 2.05) is 0 Å². The van der Waals surface area contributed by atoms with Crippen molar-refractivity contribution in [3.05, 3.63) is 145 Å². The van der Waals surface area contributed by atoms with Crippen LogP contribution in [0.15, 0.2) is 132 Å². The van der Waals surface area contributed by atoms with E-state index in [0.717, 1.165) is 38.6 Å². The summed E-state index contributed by atoms with van der Waals surface area (Å²) in [6.45, 7) is 0.00731. The normalized spacial score (nSPS) is 16.1. The SMILES string of the molecule is Cn1cc(CN(CCO)S(=O)(=O)c2ccc(-c3c[nH]c4cc(F)ccc34)cc2)cn1.Cn1nccc1C1(O)CCN(S(=O)(=O)c2ccc(-c3c[nH]c4cc(F)ccc34)cc2)C1. The molecule has 14 nitrogen and oxygen atoms in total. The second kappa shape index (κ2) is 16.4. The number of aliphatic hydroxyl groups is 2. The van der Waals surface area contributed by atoms with Crippen LogP contribution >= 0.6 is 0 Å². The molecule has 61 heavy (non-hydrogen) atoms. The summed E-state index contributed by atoms with van der Waals surface area (Å²) in [5.74, 6) is -0.644. The number of nitrogens with one attached hydrogen (secondary N) is 2. The first kappa shape index (κ1) is 41.7. The van der Waals surface area contributed by atoms with E-state index in [2.05, 4.69) is 20.2 Å². The highest BCUT2D eigenvalue weighted by molar-refractivity contribution is 7.89. The van der Waals surface area contributed by atoms with Gasteiger partial charge in [-0.15, -0.1) is 0 Å². The van der Waals surface area contributed by atoms with Crippen molar-refractivity contribution >= 4 is 41.9 Å². The number of hydrogen-bond acceptors (Lipinski definition) is 8. The molecule has 1 aliphatic rings. The highest BCUT2D eigenvalue weighted by Crippen LogP contribution is 2.36. The van der Waals surface area contributed by atoms with Crippen molar-refractivity contribution in [2.75, 3.05) is 26.2 Å². The number of aromatic amines is 2. The van der Waals surface area contributed by atoms with Gasteiger partial charge in [-0.25, -0.2) is 25.6 Å². The Morgan fingerprint density at radius 3 is 1.87 bits per heavy atom. The zero-order chi connectivity index (χ0) is 43.1. The van der Waals surface area contributed by atoms with E-state index in [4.69, 9.17) is 0 Å².